The first-order valence-electron chi connectivity index (χ1n) is 10.4. The molecule has 0 atom stereocenters. The fourth-order valence-electron chi connectivity index (χ4n) is 4.16. The molecule has 0 spiro atoms. The fraction of sp³-hybridized carbons (Fsp3) is 0.579. The van der Waals surface area contributed by atoms with Crippen molar-refractivity contribution in [1.82, 2.24) is 25.1 Å². The van der Waals surface area contributed by atoms with Crippen molar-refractivity contribution >= 4 is 40.6 Å². The number of nitro benzene ring substituents is 1. The Morgan fingerprint density at radius 3 is 2.65 bits per heavy atom. The van der Waals surface area contributed by atoms with Crippen LogP contribution in [0.2, 0.25) is 5.02 Å². The highest BCUT2D eigenvalue weighted by Crippen LogP contribution is 2.32. The van der Waals surface area contributed by atoms with Gasteiger partial charge in [0.05, 0.1) is 16.7 Å². The van der Waals surface area contributed by atoms with Crippen LogP contribution in [0.5, 0.6) is 0 Å². The Balaban J connectivity index is 1.32. The molecule has 1 aromatic heterocycles. The van der Waals surface area contributed by atoms with E-state index in [1.807, 2.05) is 9.58 Å². The summed E-state index contributed by atoms with van der Waals surface area (Å²) in [6.45, 7) is 2.07. The predicted molar refractivity (Wildman–Crippen MR) is 118 cm³/mol. The highest BCUT2D eigenvalue weighted by atomic mass is 35.5. The normalized spacial score (nSPS) is 17.7. The van der Waals surface area contributed by atoms with E-state index in [9.17, 15) is 14.9 Å². The lowest BCUT2D eigenvalue weighted by molar-refractivity contribution is -0.384. The summed E-state index contributed by atoms with van der Waals surface area (Å²) >= 11 is 7.28. The van der Waals surface area contributed by atoms with Gasteiger partial charge in [-0.2, -0.15) is 0 Å². The van der Waals surface area contributed by atoms with Gasteiger partial charge in [-0.3, -0.25) is 14.9 Å². The number of rotatable bonds is 6. The number of benzene rings is 1. The minimum Gasteiger partial charge on any atom is -0.362 e. The molecular weight excluding hydrogens is 442 g/mol. The van der Waals surface area contributed by atoms with Crippen LogP contribution in [0, 0.1) is 10.1 Å². The number of carbonyl (C=O) groups excluding carboxylic acids is 1. The third-order valence-electron chi connectivity index (χ3n) is 5.82. The highest BCUT2D eigenvalue weighted by Gasteiger charge is 2.27. The Bertz CT molecular complexity index is 942. The number of aromatic nitrogens is 4. The van der Waals surface area contributed by atoms with Crippen molar-refractivity contribution in [2.75, 3.05) is 36.8 Å². The number of hydrogen-bond acceptors (Lipinski definition) is 8. The number of carbonyl (C=O) groups is 1. The second-order valence-corrected chi connectivity index (χ2v) is 9.12. The molecule has 1 aliphatic carbocycles. The average molecular weight is 466 g/mol. The van der Waals surface area contributed by atoms with E-state index >= 15 is 0 Å². The maximum absolute atomic E-state index is 12.7. The summed E-state index contributed by atoms with van der Waals surface area (Å²) in [5.74, 6) is 0.294. The van der Waals surface area contributed by atoms with Crippen LogP contribution in [-0.2, 0) is 4.79 Å². The summed E-state index contributed by atoms with van der Waals surface area (Å²) in [6, 6.07) is 5.00. The van der Waals surface area contributed by atoms with Crippen LogP contribution < -0.4 is 4.90 Å². The Hall–Kier alpha value is -2.40. The number of anilines is 1. The SMILES string of the molecule is O=C(CSc1nnnn1C1CCCCC1)N1CCN(c2ccc(Cl)cc2[N+](=O)[O-])CC1. The standard InChI is InChI=1S/C19H24ClN7O3S/c20-14-6-7-16(17(12-14)27(29)30)24-8-10-25(11-9-24)18(28)13-31-19-21-22-23-26(19)15-4-2-1-3-5-15/h6-7,12,15H,1-5,8-11,13H2. The van der Waals surface area contributed by atoms with Crippen LogP contribution >= 0.6 is 23.4 Å². The number of amides is 1. The number of nitrogens with zero attached hydrogens (tertiary/aromatic N) is 7. The topological polar surface area (TPSA) is 110 Å². The molecular formula is C19H24ClN7O3S. The van der Waals surface area contributed by atoms with Gasteiger partial charge in [-0.1, -0.05) is 42.6 Å². The molecule has 10 nitrogen and oxygen atoms in total. The molecule has 0 unspecified atom stereocenters. The van der Waals surface area contributed by atoms with Crippen molar-refractivity contribution < 1.29 is 9.72 Å². The number of thioether (sulfide) groups is 1. The second kappa shape index (κ2) is 9.82. The Kier molecular flexibility index (Phi) is 6.91. The van der Waals surface area contributed by atoms with Crippen LogP contribution in [0.25, 0.3) is 0 Å². The van der Waals surface area contributed by atoms with E-state index < -0.39 is 4.92 Å². The van der Waals surface area contributed by atoms with Gasteiger partial charge in [-0.25, -0.2) is 4.68 Å². The maximum atomic E-state index is 12.7. The van der Waals surface area contributed by atoms with Gasteiger partial charge in [0.2, 0.25) is 11.1 Å². The van der Waals surface area contributed by atoms with E-state index in [2.05, 4.69) is 15.5 Å². The molecule has 2 heterocycles. The van der Waals surface area contributed by atoms with E-state index in [1.54, 1.807) is 17.0 Å². The van der Waals surface area contributed by atoms with Crippen molar-refractivity contribution in [1.29, 1.82) is 0 Å². The molecule has 31 heavy (non-hydrogen) atoms. The first kappa shape index (κ1) is 21.8. The van der Waals surface area contributed by atoms with Gasteiger partial charge in [0.1, 0.15) is 5.69 Å². The van der Waals surface area contributed by atoms with E-state index in [-0.39, 0.29) is 17.3 Å². The summed E-state index contributed by atoms with van der Waals surface area (Å²) in [5.41, 5.74) is 0.514. The summed E-state index contributed by atoms with van der Waals surface area (Å²) in [7, 11) is 0. The van der Waals surface area contributed by atoms with Crippen LogP contribution in [0.4, 0.5) is 11.4 Å². The molecule has 12 heteroatoms. The predicted octanol–water partition coefficient (Wildman–Crippen LogP) is 3.18. The van der Waals surface area contributed by atoms with Gasteiger partial charge in [0.25, 0.3) is 5.69 Å². The average Bonchev–Trinajstić information content (AvgIpc) is 3.27. The third kappa shape index (κ3) is 5.09. The molecule has 4 rings (SSSR count). The summed E-state index contributed by atoms with van der Waals surface area (Å²) < 4.78 is 1.87. The summed E-state index contributed by atoms with van der Waals surface area (Å²) in [6.07, 6.45) is 5.77. The van der Waals surface area contributed by atoms with Crippen LogP contribution in [0.3, 0.4) is 0 Å². The van der Waals surface area contributed by atoms with Crippen molar-refractivity contribution in [2.45, 2.75) is 43.3 Å². The molecule has 0 N–H and O–H groups in total. The molecule has 1 aromatic carbocycles. The lowest BCUT2D eigenvalue weighted by Crippen LogP contribution is -2.49. The van der Waals surface area contributed by atoms with Crippen LogP contribution in [-0.4, -0.2) is 67.9 Å². The maximum Gasteiger partial charge on any atom is 0.294 e. The van der Waals surface area contributed by atoms with Gasteiger partial charge >= 0.3 is 0 Å². The van der Waals surface area contributed by atoms with Crippen LogP contribution in [0.15, 0.2) is 23.4 Å². The minimum absolute atomic E-state index is 0.0163. The number of hydrogen-bond donors (Lipinski definition) is 0. The molecule has 1 saturated heterocycles. The fourth-order valence-corrected chi connectivity index (χ4v) is 5.17. The van der Waals surface area contributed by atoms with E-state index in [0.29, 0.717) is 48.1 Å². The van der Waals surface area contributed by atoms with E-state index in [4.69, 9.17) is 11.6 Å². The first-order valence-corrected chi connectivity index (χ1v) is 11.8. The number of piperazine rings is 1. The minimum atomic E-state index is -0.425. The van der Waals surface area contributed by atoms with Gasteiger partial charge < -0.3 is 9.80 Å². The van der Waals surface area contributed by atoms with Gasteiger partial charge in [-0.05, 0) is 35.4 Å². The summed E-state index contributed by atoms with van der Waals surface area (Å²) in [5, 5.41) is 24.4. The highest BCUT2D eigenvalue weighted by molar-refractivity contribution is 7.99. The largest absolute Gasteiger partial charge is 0.362 e. The van der Waals surface area contributed by atoms with Gasteiger partial charge in [0.15, 0.2) is 0 Å². The lowest BCUT2D eigenvalue weighted by atomic mass is 9.96. The van der Waals surface area contributed by atoms with E-state index in [1.165, 1.54) is 37.1 Å². The molecule has 1 amide bonds. The summed E-state index contributed by atoms with van der Waals surface area (Å²) in [4.78, 5) is 27.4. The van der Waals surface area contributed by atoms with Gasteiger partial charge in [0, 0.05) is 37.3 Å². The van der Waals surface area contributed by atoms with Gasteiger partial charge in [-0.15, -0.1) is 5.10 Å². The zero-order valence-electron chi connectivity index (χ0n) is 17.0. The smallest absolute Gasteiger partial charge is 0.294 e. The van der Waals surface area contributed by atoms with Crippen molar-refractivity contribution in [3.8, 4) is 0 Å². The number of nitro groups is 1. The third-order valence-corrected chi connectivity index (χ3v) is 6.97. The van der Waals surface area contributed by atoms with Crippen molar-refractivity contribution in [2.24, 2.45) is 0 Å². The van der Waals surface area contributed by atoms with Crippen molar-refractivity contribution in [3.63, 3.8) is 0 Å². The lowest BCUT2D eigenvalue weighted by Gasteiger charge is -2.35. The molecule has 2 fully saturated rings. The molecule has 0 radical (unpaired) electrons. The zero-order chi connectivity index (χ0) is 21.8. The molecule has 2 aliphatic rings. The molecule has 2 aromatic rings. The molecule has 1 aliphatic heterocycles. The quantitative estimate of drug-likeness (QED) is 0.363. The second-order valence-electron chi connectivity index (χ2n) is 7.74. The zero-order valence-corrected chi connectivity index (χ0v) is 18.6. The van der Waals surface area contributed by atoms with E-state index in [0.717, 1.165) is 12.8 Å². The molecule has 1 saturated carbocycles. The number of tetrazole rings is 1. The first-order chi connectivity index (χ1) is 15.0. The molecule has 0 bridgehead atoms. The monoisotopic (exact) mass is 465 g/mol. The molecule has 166 valence electrons. The Morgan fingerprint density at radius 1 is 1.19 bits per heavy atom. The number of halogens is 1. The Labute approximate surface area is 189 Å². The van der Waals surface area contributed by atoms with Crippen molar-refractivity contribution in [3.05, 3.63) is 33.3 Å². The van der Waals surface area contributed by atoms with Crippen LogP contribution in [0.1, 0.15) is 38.1 Å². The Morgan fingerprint density at radius 2 is 1.94 bits per heavy atom.